The topological polar surface area (TPSA) is 89.3 Å². The fourth-order valence-electron chi connectivity index (χ4n) is 2.59. The summed E-state index contributed by atoms with van der Waals surface area (Å²) in [5, 5.41) is 12.5. The lowest BCUT2D eigenvalue weighted by Crippen LogP contribution is -2.28. The van der Waals surface area contributed by atoms with E-state index >= 15 is 0 Å². The average molecular weight is 196 g/mol. The van der Waals surface area contributed by atoms with E-state index < -0.39 is 6.09 Å². The highest BCUT2D eigenvalue weighted by atomic mass is 16.4. The van der Waals surface area contributed by atoms with Crippen LogP contribution in [0, 0.1) is 11.8 Å². The fourth-order valence-corrected chi connectivity index (χ4v) is 2.59. The van der Waals surface area contributed by atoms with Crippen molar-refractivity contribution in [3.05, 3.63) is 10.4 Å². The second-order valence-electron chi connectivity index (χ2n) is 4.04. The molecule has 6 nitrogen and oxygen atoms in total. The smallest absolute Gasteiger partial charge is 0.407 e. The Morgan fingerprint density at radius 1 is 1.43 bits per heavy atom. The van der Waals surface area contributed by atoms with E-state index in [0.29, 0.717) is 24.9 Å². The fraction of sp³-hybridized carbons (Fsp3) is 0.875. The van der Waals surface area contributed by atoms with Gasteiger partial charge in [-0.2, -0.15) is 0 Å². The summed E-state index contributed by atoms with van der Waals surface area (Å²) >= 11 is 0. The number of fused-ring (bicyclic) bond motifs is 1. The Balaban J connectivity index is 1.96. The van der Waals surface area contributed by atoms with Gasteiger partial charge < -0.3 is 10.0 Å². The van der Waals surface area contributed by atoms with Crippen LogP contribution in [0.3, 0.4) is 0 Å². The van der Waals surface area contributed by atoms with Crippen LogP contribution in [0.2, 0.25) is 0 Å². The molecule has 2 fully saturated rings. The number of hydrogen-bond acceptors (Lipinski definition) is 2. The molecule has 14 heavy (non-hydrogen) atoms. The monoisotopic (exact) mass is 196 g/mol. The third-order valence-electron chi connectivity index (χ3n) is 3.21. The third-order valence-corrected chi connectivity index (χ3v) is 3.21. The maximum absolute atomic E-state index is 10.7. The number of amides is 1. The predicted octanol–water partition coefficient (Wildman–Crippen LogP) is 1.69. The molecular formula is C8H12N4O2. The molecular weight excluding hydrogens is 184 g/mol. The minimum absolute atomic E-state index is 0.0888. The summed E-state index contributed by atoms with van der Waals surface area (Å²) < 4.78 is 0. The first-order chi connectivity index (χ1) is 6.70. The minimum atomic E-state index is -0.834. The van der Waals surface area contributed by atoms with Crippen LogP contribution >= 0.6 is 0 Å². The van der Waals surface area contributed by atoms with Gasteiger partial charge in [-0.05, 0) is 30.2 Å². The summed E-state index contributed by atoms with van der Waals surface area (Å²) in [5.41, 5.74) is 8.28. The number of carboxylic acid groups (broad SMARTS) is 1. The Kier molecular flexibility index (Phi) is 2.21. The Hall–Kier alpha value is -1.42. The summed E-state index contributed by atoms with van der Waals surface area (Å²) in [4.78, 5) is 14.9. The molecule has 0 bridgehead atoms. The summed E-state index contributed by atoms with van der Waals surface area (Å²) in [6, 6.07) is 0.0888. The van der Waals surface area contributed by atoms with Gasteiger partial charge in [-0.3, -0.25) is 0 Å². The molecule has 0 radical (unpaired) electrons. The van der Waals surface area contributed by atoms with Crippen molar-refractivity contribution in [1.29, 1.82) is 0 Å². The highest BCUT2D eigenvalue weighted by Crippen LogP contribution is 2.39. The zero-order chi connectivity index (χ0) is 10.1. The van der Waals surface area contributed by atoms with Crippen molar-refractivity contribution in [3.8, 4) is 0 Å². The van der Waals surface area contributed by atoms with Gasteiger partial charge in [0, 0.05) is 24.0 Å². The van der Waals surface area contributed by atoms with E-state index in [0.717, 1.165) is 12.8 Å². The number of likely N-dealkylation sites (tertiary alicyclic amines) is 1. The van der Waals surface area contributed by atoms with Crippen molar-refractivity contribution in [2.45, 2.75) is 18.9 Å². The Labute approximate surface area is 81.1 Å². The van der Waals surface area contributed by atoms with Crippen LogP contribution in [-0.4, -0.2) is 35.2 Å². The molecule has 0 aromatic carbocycles. The molecule has 1 saturated heterocycles. The number of azide groups is 1. The number of carbonyl (C=O) groups is 1. The van der Waals surface area contributed by atoms with E-state index in [4.69, 9.17) is 10.6 Å². The van der Waals surface area contributed by atoms with Crippen LogP contribution in [0.25, 0.3) is 10.4 Å². The molecule has 1 aliphatic heterocycles. The SMILES string of the molecule is [N-]=[N+]=N[C@H]1C[C@@H]2CN(C(=O)O)C[C@@H]2C1. The summed E-state index contributed by atoms with van der Waals surface area (Å²) in [6.07, 6.45) is 0.858. The molecule has 76 valence electrons. The van der Waals surface area contributed by atoms with Crippen LogP contribution in [0.5, 0.6) is 0 Å². The van der Waals surface area contributed by atoms with Crippen molar-refractivity contribution in [2.75, 3.05) is 13.1 Å². The second kappa shape index (κ2) is 3.38. The third kappa shape index (κ3) is 1.48. The molecule has 0 unspecified atom stereocenters. The Bertz CT molecular complexity index is 272. The quantitative estimate of drug-likeness (QED) is 0.392. The first-order valence-corrected chi connectivity index (χ1v) is 4.72. The van der Waals surface area contributed by atoms with Crippen molar-refractivity contribution < 1.29 is 9.90 Å². The van der Waals surface area contributed by atoms with Gasteiger partial charge in [-0.1, -0.05) is 5.11 Å². The largest absolute Gasteiger partial charge is 0.465 e. The Morgan fingerprint density at radius 3 is 2.43 bits per heavy atom. The minimum Gasteiger partial charge on any atom is -0.465 e. The zero-order valence-corrected chi connectivity index (χ0v) is 7.70. The highest BCUT2D eigenvalue weighted by molar-refractivity contribution is 5.65. The van der Waals surface area contributed by atoms with Gasteiger partial charge in [-0.25, -0.2) is 4.79 Å². The van der Waals surface area contributed by atoms with Crippen molar-refractivity contribution in [2.24, 2.45) is 17.0 Å². The summed E-state index contributed by atoms with van der Waals surface area (Å²) in [7, 11) is 0. The van der Waals surface area contributed by atoms with Gasteiger partial charge in [0.15, 0.2) is 0 Å². The second-order valence-corrected chi connectivity index (χ2v) is 4.04. The molecule has 1 N–H and O–H groups in total. The van der Waals surface area contributed by atoms with Crippen LogP contribution in [0.4, 0.5) is 4.79 Å². The van der Waals surface area contributed by atoms with Gasteiger partial charge in [0.1, 0.15) is 0 Å². The van der Waals surface area contributed by atoms with E-state index in [2.05, 4.69) is 10.0 Å². The molecule has 0 spiro atoms. The van der Waals surface area contributed by atoms with Crippen molar-refractivity contribution in [1.82, 2.24) is 4.90 Å². The van der Waals surface area contributed by atoms with Crippen LogP contribution in [0.15, 0.2) is 5.11 Å². The first kappa shape index (κ1) is 9.15. The van der Waals surface area contributed by atoms with Gasteiger partial charge in [-0.15, -0.1) is 0 Å². The standard InChI is InChI=1S/C8H12N4O2/c9-11-10-7-1-5-3-12(8(13)14)4-6(5)2-7/h5-7H,1-4H2,(H,13,14)/t5-,6+,7+. The average Bonchev–Trinajstić information content (AvgIpc) is 2.61. The Morgan fingerprint density at radius 2 is 2.00 bits per heavy atom. The lowest BCUT2D eigenvalue weighted by Gasteiger charge is -2.13. The van der Waals surface area contributed by atoms with E-state index in [9.17, 15) is 4.79 Å². The number of rotatable bonds is 1. The molecule has 6 heteroatoms. The van der Waals surface area contributed by atoms with E-state index in [-0.39, 0.29) is 6.04 Å². The number of hydrogen-bond donors (Lipinski definition) is 1. The summed E-state index contributed by atoms with van der Waals surface area (Å²) in [5.74, 6) is 0.809. The van der Waals surface area contributed by atoms with Gasteiger partial charge >= 0.3 is 6.09 Å². The molecule has 0 aromatic heterocycles. The molecule has 1 saturated carbocycles. The van der Waals surface area contributed by atoms with E-state index in [1.807, 2.05) is 0 Å². The highest BCUT2D eigenvalue weighted by Gasteiger charge is 2.41. The molecule has 1 amide bonds. The van der Waals surface area contributed by atoms with E-state index in [1.54, 1.807) is 0 Å². The predicted molar refractivity (Wildman–Crippen MR) is 48.7 cm³/mol. The first-order valence-electron chi connectivity index (χ1n) is 4.72. The van der Waals surface area contributed by atoms with Crippen LogP contribution in [0.1, 0.15) is 12.8 Å². The number of nitrogens with zero attached hydrogens (tertiary/aromatic N) is 4. The molecule has 0 aromatic rings. The van der Waals surface area contributed by atoms with Crippen LogP contribution in [-0.2, 0) is 0 Å². The van der Waals surface area contributed by atoms with Gasteiger partial charge in [0.05, 0.1) is 0 Å². The maximum atomic E-state index is 10.7. The summed E-state index contributed by atoms with van der Waals surface area (Å²) in [6.45, 7) is 1.22. The molecule has 2 rings (SSSR count). The van der Waals surface area contributed by atoms with Crippen LogP contribution < -0.4 is 0 Å². The normalized spacial score (nSPS) is 35.1. The lowest BCUT2D eigenvalue weighted by molar-refractivity contribution is 0.152. The lowest BCUT2D eigenvalue weighted by atomic mass is 10.0. The van der Waals surface area contributed by atoms with Crippen molar-refractivity contribution in [3.63, 3.8) is 0 Å². The molecule has 1 aliphatic carbocycles. The van der Waals surface area contributed by atoms with Gasteiger partial charge in [0.2, 0.25) is 0 Å². The molecule has 2 aliphatic rings. The molecule has 3 atom stereocenters. The molecule has 1 heterocycles. The van der Waals surface area contributed by atoms with Crippen molar-refractivity contribution >= 4 is 6.09 Å². The zero-order valence-electron chi connectivity index (χ0n) is 7.70. The maximum Gasteiger partial charge on any atom is 0.407 e. The van der Waals surface area contributed by atoms with E-state index in [1.165, 1.54) is 4.90 Å². The van der Waals surface area contributed by atoms with Gasteiger partial charge in [0.25, 0.3) is 0 Å².